The molecule has 0 bridgehead atoms. The van der Waals surface area contributed by atoms with Gasteiger partial charge in [-0.2, -0.15) is 0 Å². The van der Waals surface area contributed by atoms with Crippen LogP contribution >= 0.6 is 0 Å². The van der Waals surface area contributed by atoms with Crippen molar-refractivity contribution >= 4 is 10.9 Å². The second kappa shape index (κ2) is 6.57. The molecule has 2 N–H and O–H groups in total. The molecule has 4 heteroatoms. The third-order valence-corrected chi connectivity index (χ3v) is 4.44. The predicted octanol–water partition coefficient (Wildman–Crippen LogP) is 3.95. The fourth-order valence-corrected chi connectivity index (χ4v) is 3.08. The minimum atomic E-state index is -0.0939. The molecule has 0 unspecified atom stereocenters. The lowest BCUT2D eigenvalue weighted by atomic mass is 9.99. The number of H-pyrrole nitrogens is 1. The van der Waals surface area contributed by atoms with Gasteiger partial charge in [-0.15, -0.1) is 0 Å². The van der Waals surface area contributed by atoms with Gasteiger partial charge in [-0.25, -0.2) is 4.98 Å². The molecule has 24 heavy (non-hydrogen) atoms. The van der Waals surface area contributed by atoms with Crippen LogP contribution in [-0.4, -0.2) is 9.97 Å². The number of para-hydroxylation sites is 1. The average Bonchev–Trinajstić information content (AvgIpc) is 2.57. The van der Waals surface area contributed by atoms with Crippen molar-refractivity contribution in [3.8, 4) is 0 Å². The highest BCUT2D eigenvalue weighted by molar-refractivity contribution is 5.77. The number of aromatic amines is 1. The van der Waals surface area contributed by atoms with E-state index in [1.165, 1.54) is 16.7 Å². The van der Waals surface area contributed by atoms with E-state index in [1.54, 1.807) is 6.07 Å². The van der Waals surface area contributed by atoms with Gasteiger partial charge >= 0.3 is 0 Å². The van der Waals surface area contributed by atoms with Crippen LogP contribution < -0.4 is 10.9 Å². The highest BCUT2D eigenvalue weighted by Gasteiger charge is 2.15. The highest BCUT2D eigenvalue weighted by Crippen LogP contribution is 2.22. The van der Waals surface area contributed by atoms with E-state index in [0.29, 0.717) is 11.2 Å². The molecule has 0 aliphatic heterocycles. The molecule has 1 heterocycles. The summed E-state index contributed by atoms with van der Waals surface area (Å²) in [5.74, 6) is 0.663. The van der Waals surface area contributed by atoms with Gasteiger partial charge in [-0.05, 0) is 51.0 Å². The average molecular weight is 321 g/mol. The van der Waals surface area contributed by atoms with Crippen molar-refractivity contribution in [1.29, 1.82) is 0 Å². The molecule has 4 nitrogen and oxygen atoms in total. The Kier molecular flexibility index (Phi) is 4.49. The zero-order valence-corrected chi connectivity index (χ0v) is 14.6. The summed E-state index contributed by atoms with van der Waals surface area (Å²) in [6, 6.07) is 14.0. The van der Waals surface area contributed by atoms with Crippen LogP contribution in [0.5, 0.6) is 0 Å². The van der Waals surface area contributed by atoms with Crippen LogP contribution in [0.15, 0.2) is 47.3 Å². The van der Waals surface area contributed by atoms with Crippen molar-refractivity contribution < 1.29 is 0 Å². The molecule has 0 amide bonds. The van der Waals surface area contributed by atoms with Crippen LogP contribution in [-0.2, 0) is 0 Å². The Labute approximate surface area is 142 Å². The number of hydrogen-bond acceptors (Lipinski definition) is 3. The lowest BCUT2D eigenvalue weighted by Crippen LogP contribution is -2.26. The van der Waals surface area contributed by atoms with Gasteiger partial charge in [0.05, 0.1) is 16.9 Å². The second-order valence-electron chi connectivity index (χ2n) is 6.44. The third-order valence-electron chi connectivity index (χ3n) is 4.44. The van der Waals surface area contributed by atoms with E-state index < -0.39 is 0 Å². The van der Waals surface area contributed by atoms with Crippen LogP contribution in [0.2, 0.25) is 0 Å². The molecule has 0 saturated carbocycles. The summed E-state index contributed by atoms with van der Waals surface area (Å²) in [4.78, 5) is 19.7. The first kappa shape index (κ1) is 16.4. The van der Waals surface area contributed by atoms with Gasteiger partial charge < -0.3 is 10.3 Å². The largest absolute Gasteiger partial charge is 0.309 e. The predicted molar refractivity (Wildman–Crippen MR) is 98.2 cm³/mol. The zero-order valence-electron chi connectivity index (χ0n) is 14.6. The van der Waals surface area contributed by atoms with E-state index in [9.17, 15) is 4.79 Å². The van der Waals surface area contributed by atoms with Crippen LogP contribution in [0, 0.1) is 13.8 Å². The first-order valence-corrected chi connectivity index (χ1v) is 8.28. The quantitative estimate of drug-likeness (QED) is 0.765. The standard InChI is InChI=1S/C20H23N3O/c1-12-9-10-13(2)17(11-12)14(3)21-15(4)19-22-18-8-6-5-7-16(18)20(24)23-19/h5-11,14-15,21H,1-4H3,(H,22,23,24)/t14-,15-/m0/s1. The molecular weight excluding hydrogens is 298 g/mol. The Hall–Kier alpha value is -2.46. The van der Waals surface area contributed by atoms with E-state index >= 15 is 0 Å². The lowest BCUT2D eigenvalue weighted by molar-refractivity contribution is 0.475. The molecule has 0 aliphatic rings. The van der Waals surface area contributed by atoms with E-state index in [2.05, 4.69) is 54.3 Å². The number of nitrogens with one attached hydrogen (secondary N) is 2. The summed E-state index contributed by atoms with van der Waals surface area (Å²) in [5.41, 5.74) is 4.40. The van der Waals surface area contributed by atoms with Gasteiger partial charge in [0.25, 0.3) is 5.56 Å². The van der Waals surface area contributed by atoms with E-state index in [1.807, 2.05) is 25.1 Å². The van der Waals surface area contributed by atoms with E-state index in [4.69, 9.17) is 0 Å². The van der Waals surface area contributed by atoms with Crippen molar-refractivity contribution in [2.45, 2.75) is 39.8 Å². The summed E-state index contributed by atoms with van der Waals surface area (Å²) in [7, 11) is 0. The van der Waals surface area contributed by atoms with Gasteiger partial charge in [-0.3, -0.25) is 4.79 Å². The minimum Gasteiger partial charge on any atom is -0.309 e. The summed E-state index contributed by atoms with van der Waals surface area (Å²) >= 11 is 0. The van der Waals surface area contributed by atoms with Crippen LogP contribution in [0.1, 0.15) is 48.4 Å². The minimum absolute atomic E-state index is 0.0581. The Morgan fingerprint density at radius 2 is 1.79 bits per heavy atom. The molecule has 1 aromatic heterocycles. The number of hydrogen-bond donors (Lipinski definition) is 2. The van der Waals surface area contributed by atoms with Crippen molar-refractivity contribution in [3.63, 3.8) is 0 Å². The first-order valence-electron chi connectivity index (χ1n) is 8.28. The summed E-state index contributed by atoms with van der Waals surface area (Å²) < 4.78 is 0. The topological polar surface area (TPSA) is 57.8 Å². The highest BCUT2D eigenvalue weighted by atomic mass is 16.1. The maximum absolute atomic E-state index is 12.2. The fourth-order valence-electron chi connectivity index (χ4n) is 3.08. The first-order chi connectivity index (χ1) is 11.5. The maximum Gasteiger partial charge on any atom is 0.258 e. The molecule has 0 saturated heterocycles. The van der Waals surface area contributed by atoms with E-state index in [-0.39, 0.29) is 17.6 Å². The second-order valence-corrected chi connectivity index (χ2v) is 6.44. The van der Waals surface area contributed by atoms with Crippen LogP contribution in [0.4, 0.5) is 0 Å². The van der Waals surface area contributed by atoms with Gasteiger partial charge in [-0.1, -0.05) is 35.9 Å². The summed E-state index contributed by atoms with van der Waals surface area (Å²) in [5, 5.41) is 4.16. The van der Waals surface area contributed by atoms with Gasteiger partial charge in [0.2, 0.25) is 0 Å². The Morgan fingerprint density at radius 3 is 2.58 bits per heavy atom. The molecule has 3 aromatic rings. The number of aryl methyl sites for hydroxylation is 2. The third kappa shape index (κ3) is 3.24. The molecule has 2 atom stereocenters. The van der Waals surface area contributed by atoms with Crippen molar-refractivity contribution in [2.24, 2.45) is 0 Å². The SMILES string of the molecule is Cc1ccc(C)c([C@H](C)N[C@@H](C)c2nc3ccccc3c(=O)[nH]2)c1. The Balaban J connectivity index is 1.88. The van der Waals surface area contributed by atoms with Gasteiger partial charge in [0, 0.05) is 6.04 Å². The Bertz CT molecular complexity index is 930. The number of aromatic nitrogens is 2. The summed E-state index contributed by atoms with van der Waals surface area (Å²) in [6.45, 7) is 8.38. The fraction of sp³-hybridized carbons (Fsp3) is 0.300. The Morgan fingerprint density at radius 1 is 1.04 bits per heavy atom. The molecule has 0 radical (unpaired) electrons. The molecular formula is C20H23N3O. The number of rotatable bonds is 4. The molecule has 0 aliphatic carbocycles. The van der Waals surface area contributed by atoms with Crippen molar-refractivity contribution in [1.82, 2.24) is 15.3 Å². The molecule has 3 rings (SSSR count). The van der Waals surface area contributed by atoms with Crippen molar-refractivity contribution in [3.05, 3.63) is 75.3 Å². The normalized spacial score (nSPS) is 13.8. The van der Waals surface area contributed by atoms with Crippen molar-refractivity contribution in [2.75, 3.05) is 0 Å². The summed E-state index contributed by atoms with van der Waals surface area (Å²) in [6.07, 6.45) is 0. The molecule has 2 aromatic carbocycles. The number of nitrogens with zero attached hydrogens (tertiary/aromatic N) is 1. The van der Waals surface area contributed by atoms with Gasteiger partial charge in [0.15, 0.2) is 0 Å². The van der Waals surface area contributed by atoms with Crippen LogP contribution in [0.3, 0.4) is 0 Å². The monoisotopic (exact) mass is 321 g/mol. The van der Waals surface area contributed by atoms with Crippen LogP contribution in [0.25, 0.3) is 10.9 Å². The zero-order chi connectivity index (χ0) is 17.3. The molecule has 0 fully saturated rings. The van der Waals surface area contributed by atoms with Gasteiger partial charge in [0.1, 0.15) is 5.82 Å². The van der Waals surface area contributed by atoms with E-state index in [0.717, 1.165) is 5.52 Å². The maximum atomic E-state index is 12.2. The molecule has 0 spiro atoms. The number of benzene rings is 2. The lowest BCUT2D eigenvalue weighted by Gasteiger charge is -2.22. The smallest absolute Gasteiger partial charge is 0.258 e. The number of fused-ring (bicyclic) bond motifs is 1. The molecule has 124 valence electrons.